The summed E-state index contributed by atoms with van der Waals surface area (Å²) < 4.78 is 11.1. The lowest BCUT2D eigenvalue weighted by Crippen LogP contribution is -2.40. The van der Waals surface area contributed by atoms with Crippen LogP contribution in [0.15, 0.2) is 42.7 Å². The smallest absolute Gasteiger partial charge is 0.330 e. The van der Waals surface area contributed by atoms with Crippen molar-refractivity contribution >= 4 is 23.7 Å². The Morgan fingerprint density at radius 1 is 1.24 bits per heavy atom. The Balaban J connectivity index is 1.31. The second kappa shape index (κ2) is 11.0. The van der Waals surface area contributed by atoms with Gasteiger partial charge in [-0.2, -0.15) is 0 Å². The summed E-state index contributed by atoms with van der Waals surface area (Å²) in [6.07, 6.45) is 9.77. The molecule has 2 aromatic rings. The van der Waals surface area contributed by atoms with Crippen molar-refractivity contribution in [3.63, 3.8) is 0 Å². The number of carbonyl (C=O) groups excluding carboxylic acids is 1. The van der Waals surface area contributed by atoms with Crippen LogP contribution < -0.4 is 15.4 Å². The normalized spacial score (nSPS) is 16.4. The number of nitrogens with zero attached hydrogens (tertiary/aromatic N) is 3. The van der Waals surface area contributed by atoms with Crippen LogP contribution in [0.25, 0.3) is 6.08 Å². The van der Waals surface area contributed by atoms with Gasteiger partial charge in [0.15, 0.2) is 5.96 Å². The molecule has 0 radical (unpaired) electrons. The zero-order chi connectivity index (χ0) is 23.9. The number of guanidine groups is 1. The molecule has 0 atom stereocenters. The maximum absolute atomic E-state index is 11.7. The van der Waals surface area contributed by atoms with Gasteiger partial charge in [-0.15, -0.1) is 0 Å². The summed E-state index contributed by atoms with van der Waals surface area (Å²) in [6.45, 7) is 6.16. The number of nitrogens with one attached hydrogen (secondary N) is 1. The van der Waals surface area contributed by atoms with Crippen molar-refractivity contribution in [2.75, 3.05) is 37.7 Å². The van der Waals surface area contributed by atoms with Gasteiger partial charge in [0.2, 0.25) is 0 Å². The number of rotatable bonds is 7. The summed E-state index contributed by atoms with van der Waals surface area (Å²) in [6, 6.07) is 8.29. The summed E-state index contributed by atoms with van der Waals surface area (Å²) in [5.41, 5.74) is 10.2. The molecule has 34 heavy (non-hydrogen) atoms. The van der Waals surface area contributed by atoms with Gasteiger partial charge < -0.3 is 25.0 Å². The van der Waals surface area contributed by atoms with E-state index in [1.165, 1.54) is 17.2 Å². The standard InChI is InChI=1S/C26H33N5O3/c1-2-33-25(32)6-4-21-16-29-11-7-24(21)30-12-8-19(9-13-30)18-34-23-5-3-20-10-14-31(26(27)28)17-22(20)15-23/h3-7,11,15-16,19H,2,8-10,12-14,17-18H2,1H3,(H3,27,28)/b6-4+. The molecule has 1 fully saturated rings. The fourth-order valence-corrected chi connectivity index (χ4v) is 4.55. The number of carbonyl (C=O) groups is 1. The summed E-state index contributed by atoms with van der Waals surface area (Å²) in [7, 11) is 0. The van der Waals surface area contributed by atoms with Gasteiger partial charge in [0.05, 0.1) is 13.2 Å². The highest BCUT2D eigenvalue weighted by Crippen LogP contribution is 2.28. The minimum absolute atomic E-state index is 0.123. The molecular weight excluding hydrogens is 430 g/mol. The molecule has 0 bridgehead atoms. The van der Waals surface area contributed by atoms with E-state index in [1.807, 2.05) is 11.0 Å². The highest BCUT2D eigenvalue weighted by molar-refractivity contribution is 5.88. The Kier molecular flexibility index (Phi) is 7.67. The van der Waals surface area contributed by atoms with Crippen LogP contribution >= 0.6 is 0 Å². The molecule has 1 aromatic heterocycles. The minimum Gasteiger partial charge on any atom is -0.493 e. The highest BCUT2D eigenvalue weighted by Gasteiger charge is 2.22. The number of aromatic nitrogens is 1. The van der Waals surface area contributed by atoms with Crippen LogP contribution in [0.2, 0.25) is 0 Å². The lowest BCUT2D eigenvalue weighted by molar-refractivity contribution is -0.137. The summed E-state index contributed by atoms with van der Waals surface area (Å²) >= 11 is 0. The molecule has 2 aliphatic rings. The van der Waals surface area contributed by atoms with Gasteiger partial charge in [-0.3, -0.25) is 10.4 Å². The molecular formula is C26H33N5O3. The third-order valence-electron chi connectivity index (χ3n) is 6.49. The Labute approximate surface area is 200 Å². The van der Waals surface area contributed by atoms with E-state index >= 15 is 0 Å². The lowest BCUT2D eigenvalue weighted by Gasteiger charge is -2.34. The van der Waals surface area contributed by atoms with Crippen molar-refractivity contribution in [1.82, 2.24) is 9.88 Å². The van der Waals surface area contributed by atoms with Crippen molar-refractivity contribution in [2.45, 2.75) is 32.7 Å². The van der Waals surface area contributed by atoms with Gasteiger partial charge in [-0.1, -0.05) is 6.07 Å². The van der Waals surface area contributed by atoms with Gasteiger partial charge >= 0.3 is 5.97 Å². The Hall–Kier alpha value is -3.55. The van der Waals surface area contributed by atoms with Crippen LogP contribution in [-0.2, 0) is 22.5 Å². The largest absolute Gasteiger partial charge is 0.493 e. The maximum Gasteiger partial charge on any atom is 0.330 e. The van der Waals surface area contributed by atoms with Crippen molar-refractivity contribution in [1.29, 1.82) is 5.41 Å². The van der Waals surface area contributed by atoms with Gasteiger partial charge in [0, 0.05) is 55.9 Å². The van der Waals surface area contributed by atoms with E-state index in [-0.39, 0.29) is 11.9 Å². The van der Waals surface area contributed by atoms with Crippen LogP contribution in [-0.4, -0.2) is 54.7 Å². The molecule has 8 nitrogen and oxygen atoms in total. The van der Waals surface area contributed by atoms with E-state index in [0.717, 1.165) is 55.9 Å². The van der Waals surface area contributed by atoms with E-state index in [4.69, 9.17) is 20.6 Å². The molecule has 0 unspecified atom stereocenters. The van der Waals surface area contributed by atoms with Crippen molar-refractivity contribution in [2.24, 2.45) is 11.7 Å². The number of nitrogens with two attached hydrogens (primary N) is 1. The molecule has 4 rings (SSSR count). The van der Waals surface area contributed by atoms with Gasteiger partial charge in [0.25, 0.3) is 0 Å². The number of pyridine rings is 1. The fraction of sp³-hybridized carbons (Fsp3) is 0.423. The van der Waals surface area contributed by atoms with Crippen LogP contribution in [0.3, 0.4) is 0 Å². The predicted molar refractivity (Wildman–Crippen MR) is 133 cm³/mol. The SMILES string of the molecule is CCOC(=O)/C=C/c1cnccc1N1CCC(COc2ccc3c(c2)CN(C(=N)N)CC3)CC1. The average Bonchev–Trinajstić information content (AvgIpc) is 2.86. The molecule has 180 valence electrons. The third-order valence-corrected chi connectivity index (χ3v) is 6.49. The Bertz CT molecular complexity index is 1050. The quantitative estimate of drug-likeness (QED) is 0.281. The van der Waals surface area contributed by atoms with Crippen molar-refractivity contribution in [3.8, 4) is 5.75 Å². The van der Waals surface area contributed by atoms with E-state index in [2.05, 4.69) is 28.1 Å². The first-order valence-corrected chi connectivity index (χ1v) is 11.9. The molecule has 1 aromatic carbocycles. The topological polar surface area (TPSA) is 105 Å². The van der Waals surface area contributed by atoms with Gasteiger partial charge in [0.1, 0.15) is 5.75 Å². The monoisotopic (exact) mass is 463 g/mol. The van der Waals surface area contributed by atoms with Crippen LogP contribution in [0.5, 0.6) is 5.75 Å². The van der Waals surface area contributed by atoms with Crippen LogP contribution in [0.4, 0.5) is 5.69 Å². The lowest BCUT2D eigenvalue weighted by atomic mass is 9.96. The predicted octanol–water partition coefficient (Wildman–Crippen LogP) is 3.20. The van der Waals surface area contributed by atoms with E-state index in [0.29, 0.717) is 25.7 Å². The maximum atomic E-state index is 11.7. The first kappa shape index (κ1) is 23.6. The third kappa shape index (κ3) is 5.87. The van der Waals surface area contributed by atoms with E-state index < -0.39 is 0 Å². The first-order valence-electron chi connectivity index (χ1n) is 11.9. The minimum atomic E-state index is -0.343. The van der Waals surface area contributed by atoms with Crippen molar-refractivity contribution in [3.05, 3.63) is 59.4 Å². The molecule has 0 saturated carbocycles. The molecule has 0 spiro atoms. The molecule has 2 aliphatic heterocycles. The number of hydrogen-bond donors (Lipinski definition) is 2. The van der Waals surface area contributed by atoms with Crippen LogP contribution in [0.1, 0.15) is 36.5 Å². The number of fused-ring (bicyclic) bond motifs is 1. The first-order chi connectivity index (χ1) is 16.5. The van der Waals surface area contributed by atoms with Gasteiger partial charge in [-0.05, 0) is 67.5 Å². The Morgan fingerprint density at radius 3 is 2.82 bits per heavy atom. The molecule has 3 heterocycles. The summed E-state index contributed by atoms with van der Waals surface area (Å²) in [4.78, 5) is 20.1. The van der Waals surface area contributed by atoms with E-state index in [9.17, 15) is 4.79 Å². The van der Waals surface area contributed by atoms with Crippen molar-refractivity contribution < 1.29 is 14.3 Å². The highest BCUT2D eigenvalue weighted by atomic mass is 16.5. The molecule has 8 heteroatoms. The number of piperidine rings is 1. The average molecular weight is 464 g/mol. The molecule has 3 N–H and O–H groups in total. The second-order valence-corrected chi connectivity index (χ2v) is 8.75. The molecule has 1 saturated heterocycles. The number of benzene rings is 1. The summed E-state index contributed by atoms with van der Waals surface area (Å²) in [5, 5.41) is 7.69. The van der Waals surface area contributed by atoms with E-state index in [1.54, 1.807) is 25.4 Å². The second-order valence-electron chi connectivity index (χ2n) is 8.75. The number of hydrogen-bond acceptors (Lipinski definition) is 6. The fourth-order valence-electron chi connectivity index (χ4n) is 4.55. The number of anilines is 1. The summed E-state index contributed by atoms with van der Waals surface area (Å²) in [5.74, 6) is 1.15. The van der Waals surface area contributed by atoms with Crippen LogP contribution in [0, 0.1) is 11.3 Å². The van der Waals surface area contributed by atoms with Gasteiger partial charge in [-0.25, -0.2) is 4.79 Å². The zero-order valence-electron chi connectivity index (χ0n) is 19.7. The molecule has 0 aliphatic carbocycles. The Morgan fingerprint density at radius 2 is 2.06 bits per heavy atom. The number of esters is 1. The number of ether oxygens (including phenoxy) is 2. The molecule has 0 amide bonds. The zero-order valence-corrected chi connectivity index (χ0v) is 19.7.